The van der Waals surface area contributed by atoms with Crippen LogP contribution in [0.1, 0.15) is 29.5 Å². The second kappa shape index (κ2) is 5.94. The van der Waals surface area contributed by atoms with Gasteiger partial charge in [-0.2, -0.15) is 5.10 Å². The summed E-state index contributed by atoms with van der Waals surface area (Å²) in [5.74, 6) is -0.320. The number of aromatic nitrogens is 4. The maximum atomic E-state index is 11.9. The van der Waals surface area contributed by atoms with Gasteiger partial charge in [0, 0.05) is 18.8 Å². The summed E-state index contributed by atoms with van der Waals surface area (Å²) in [5.41, 5.74) is 0.828. The second-order valence-electron chi connectivity index (χ2n) is 4.04. The van der Waals surface area contributed by atoms with Crippen molar-refractivity contribution >= 4 is 5.91 Å². The Bertz CT molecular complexity index is 603. The molecule has 2 aromatic rings. The quantitative estimate of drug-likeness (QED) is 0.810. The molecular weight excluding hydrogens is 246 g/mol. The van der Waals surface area contributed by atoms with Crippen LogP contribution in [0.2, 0.25) is 0 Å². The molecule has 1 amide bonds. The van der Waals surface area contributed by atoms with Crippen LogP contribution in [0.3, 0.4) is 0 Å². The summed E-state index contributed by atoms with van der Waals surface area (Å²) in [4.78, 5) is 30.1. The number of hydrogen-bond acceptors (Lipinski definition) is 4. The van der Waals surface area contributed by atoms with Gasteiger partial charge >= 0.3 is 0 Å². The van der Waals surface area contributed by atoms with Crippen molar-refractivity contribution < 1.29 is 4.79 Å². The number of carbonyl (C=O) groups is 1. The molecule has 0 aliphatic carbocycles. The summed E-state index contributed by atoms with van der Waals surface area (Å²) >= 11 is 0. The fraction of sp³-hybridized carbons (Fsp3) is 0.333. The summed E-state index contributed by atoms with van der Waals surface area (Å²) in [6.07, 6.45) is 3.96. The standard InChI is InChI=1S/C12H15N5O2/c1-2-5-17-11(18)4-3-10(16-17)12(19)14-7-9-6-13-8-15-9/h3-4,6,8H,2,5,7H2,1H3,(H,13,15)(H,14,19). The zero-order valence-electron chi connectivity index (χ0n) is 10.6. The summed E-state index contributed by atoms with van der Waals surface area (Å²) in [7, 11) is 0. The Labute approximate surface area is 109 Å². The number of aromatic amines is 1. The first-order valence-corrected chi connectivity index (χ1v) is 6.04. The maximum absolute atomic E-state index is 11.9. The van der Waals surface area contributed by atoms with Crippen LogP contribution in [0.5, 0.6) is 0 Å². The van der Waals surface area contributed by atoms with Crippen LogP contribution in [0.25, 0.3) is 0 Å². The second-order valence-corrected chi connectivity index (χ2v) is 4.04. The van der Waals surface area contributed by atoms with Gasteiger partial charge in [-0.1, -0.05) is 6.92 Å². The minimum atomic E-state index is -0.320. The Hall–Kier alpha value is -2.44. The number of amides is 1. The van der Waals surface area contributed by atoms with Crippen molar-refractivity contribution in [3.63, 3.8) is 0 Å². The van der Waals surface area contributed by atoms with Gasteiger partial charge in [-0.25, -0.2) is 9.67 Å². The summed E-state index contributed by atoms with van der Waals surface area (Å²) in [6, 6.07) is 2.78. The molecule has 0 saturated carbocycles. The molecule has 7 heteroatoms. The van der Waals surface area contributed by atoms with E-state index in [0.29, 0.717) is 13.1 Å². The van der Waals surface area contributed by atoms with Crippen molar-refractivity contribution in [2.24, 2.45) is 0 Å². The maximum Gasteiger partial charge on any atom is 0.272 e. The van der Waals surface area contributed by atoms with E-state index in [1.807, 2.05) is 6.92 Å². The molecule has 7 nitrogen and oxygen atoms in total. The molecule has 0 saturated heterocycles. The minimum Gasteiger partial charge on any atom is -0.347 e. The number of nitrogens with one attached hydrogen (secondary N) is 2. The van der Waals surface area contributed by atoms with E-state index in [-0.39, 0.29) is 17.2 Å². The first-order valence-electron chi connectivity index (χ1n) is 6.04. The van der Waals surface area contributed by atoms with Crippen molar-refractivity contribution in [1.29, 1.82) is 0 Å². The smallest absolute Gasteiger partial charge is 0.272 e. The van der Waals surface area contributed by atoms with Gasteiger partial charge in [-0.3, -0.25) is 9.59 Å². The fourth-order valence-corrected chi connectivity index (χ4v) is 1.59. The SMILES string of the molecule is CCCn1nc(C(=O)NCc2cnc[nH]2)ccc1=O. The van der Waals surface area contributed by atoms with Crippen molar-refractivity contribution in [3.8, 4) is 0 Å². The Morgan fingerprint density at radius 2 is 2.32 bits per heavy atom. The number of rotatable bonds is 5. The Kier molecular flexibility index (Phi) is 4.07. The molecule has 0 spiro atoms. The molecule has 2 rings (SSSR count). The van der Waals surface area contributed by atoms with Crippen LogP contribution >= 0.6 is 0 Å². The highest BCUT2D eigenvalue weighted by Gasteiger charge is 2.09. The molecule has 0 fully saturated rings. The van der Waals surface area contributed by atoms with Gasteiger partial charge in [0.2, 0.25) is 0 Å². The van der Waals surface area contributed by atoms with Gasteiger partial charge in [0.15, 0.2) is 0 Å². The average Bonchev–Trinajstić information content (AvgIpc) is 2.92. The molecule has 19 heavy (non-hydrogen) atoms. The number of aryl methyl sites for hydroxylation is 1. The molecule has 0 bridgehead atoms. The Morgan fingerprint density at radius 1 is 1.47 bits per heavy atom. The zero-order valence-corrected chi connectivity index (χ0v) is 10.6. The highest BCUT2D eigenvalue weighted by atomic mass is 16.2. The van der Waals surface area contributed by atoms with Gasteiger partial charge in [-0.05, 0) is 12.5 Å². The van der Waals surface area contributed by atoms with Crippen LogP contribution in [-0.4, -0.2) is 25.7 Å². The monoisotopic (exact) mass is 261 g/mol. The van der Waals surface area contributed by atoms with E-state index in [1.165, 1.54) is 16.8 Å². The minimum absolute atomic E-state index is 0.202. The van der Waals surface area contributed by atoms with E-state index < -0.39 is 0 Å². The van der Waals surface area contributed by atoms with Gasteiger partial charge in [0.1, 0.15) is 5.69 Å². The molecule has 0 unspecified atom stereocenters. The van der Waals surface area contributed by atoms with Crippen LogP contribution in [0, 0.1) is 0 Å². The molecule has 0 aliphatic heterocycles. The van der Waals surface area contributed by atoms with Crippen LogP contribution in [-0.2, 0) is 13.1 Å². The van der Waals surface area contributed by atoms with E-state index >= 15 is 0 Å². The highest BCUT2D eigenvalue weighted by molar-refractivity contribution is 5.91. The van der Waals surface area contributed by atoms with Crippen molar-refractivity contribution in [1.82, 2.24) is 25.1 Å². The Balaban J connectivity index is 2.06. The molecule has 0 radical (unpaired) electrons. The van der Waals surface area contributed by atoms with Gasteiger partial charge in [-0.15, -0.1) is 0 Å². The van der Waals surface area contributed by atoms with Crippen LogP contribution < -0.4 is 10.9 Å². The molecule has 100 valence electrons. The van der Waals surface area contributed by atoms with Gasteiger partial charge < -0.3 is 10.3 Å². The van der Waals surface area contributed by atoms with Gasteiger partial charge in [0.25, 0.3) is 11.5 Å². The van der Waals surface area contributed by atoms with Crippen LogP contribution in [0.4, 0.5) is 0 Å². The highest BCUT2D eigenvalue weighted by Crippen LogP contribution is 1.95. The van der Waals surface area contributed by atoms with Crippen molar-refractivity contribution in [2.75, 3.05) is 0 Å². The lowest BCUT2D eigenvalue weighted by molar-refractivity contribution is 0.0943. The van der Waals surface area contributed by atoms with E-state index in [9.17, 15) is 9.59 Å². The predicted octanol–water partition coefficient (Wildman–Crippen LogP) is 0.306. The zero-order chi connectivity index (χ0) is 13.7. The summed E-state index contributed by atoms with van der Waals surface area (Å²) in [5, 5.41) is 6.73. The third-order valence-corrected chi connectivity index (χ3v) is 2.53. The first kappa shape index (κ1) is 13.0. The lowest BCUT2D eigenvalue weighted by Crippen LogP contribution is -2.29. The van der Waals surface area contributed by atoms with E-state index in [4.69, 9.17) is 0 Å². The molecule has 2 heterocycles. The Morgan fingerprint density at radius 3 is 3.00 bits per heavy atom. The normalized spacial score (nSPS) is 10.4. The number of imidazole rings is 1. The largest absolute Gasteiger partial charge is 0.347 e. The van der Waals surface area contributed by atoms with E-state index in [2.05, 4.69) is 20.4 Å². The first-order chi connectivity index (χ1) is 9.20. The molecule has 0 aliphatic rings. The number of nitrogens with zero attached hydrogens (tertiary/aromatic N) is 3. The lowest BCUT2D eigenvalue weighted by atomic mass is 10.3. The molecular formula is C12H15N5O2. The predicted molar refractivity (Wildman–Crippen MR) is 68.5 cm³/mol. The lowest BCUT2D eigenvalue weighted by Gasteiger charge is -2.06. The van der Waals surface area contributed by atoms with Gasteiger partial charge in [0.05, 0.1) is 18.6 Å². The van der Waals surface area contributed by atoms with Crippen LogP contribution in [0.15, 0.2) is 29.5 Å². The third-order valence-electron chi connectivity index (χ3n) is 2.53. The molecule has 2 aromatic heterocycles. The topological polar surface area (TPSA) is 92.7 Å². The molecule has 2 N–H and O–H groups in total. The van der Waals surface area contributed by atoms with Crippen molar-refractivity contribution in [2.45, 2.75) is 26.4 Å². The summed E-state index contributed by atoms with van der Waals surface area (Å²) in [6.45, 7) is 2.78. The number of hydrogen-bond donors (Lipinski definition) is 2. The fourth-order valence-electron chi connectivity index (χ4n) is 1.59. The number of carbonyl (C=O) groups excluding carboxylic acids is 1. The summed E-state index contributed by atoms with van der Waals surface area (Å²) < 4.78 is 1.30. The molecule has 0 atom stereocenters. The third kappa shape index (κ3) is 3.27. The van der Waals surface area contributed by atoms with E-state index in [0.717, 1.165) is 12.1 Å². The number of H-pyrrole nitrogens is 1. The van der Waals surface area contributed by atoms with E-state index in [1.54, 1.807) is 12.5 Å². The van der Waals surface area contributed by atoms with Crippen molar-refractivity contribution in [3.05, 3.63) is 46.4 Å². The molecule has 0 aromatic carbocycles. The average molecular weight is 261 g/mol.